The molecule has 0 heterocycles. The molecule has 0 aromatic heterocycles. The van der Waals surface area contributed by atoms with Crippen molar-refractivity contribution in [2.75, 3.05) is 19.3 Å². The zero-order valence-corrected chi connectivity index (χ0v) is 12.7. The fourth-order valence-corrected chi connectivity index (χ4v) is 4.28. The van der Waals surface area contributed by atoms with E-state index in [1.165, 1.54) is 17.3 Å². The largest absolute Gasteiger partial charge is 0.399 e. The molecule has 1 fully saturated rings. The molecule has 1 aliphatic rings. The molecule has 1 aromatic carbocycles. The van der Waals surface area contributed by atoms with Crippen LogP contribution in [0.15, 0.2) is 17.0 Å². The number of halogens is 1. The van der Waals surface area contributed by atoms with Crippen LogP contribution in [-0.2, 0) is 10.0 Å². The lowest BCUT2D eigenvalue weighted by Gasteiger charge is -2.22. The molecule has 0 unspecified atom stereocenters. The van der Waals surface area contributed by atoms with Gasteiger partial charge in [0.15, 0.2) is 0 Å². The third-order valence-corrected chi connectivity index (χ3v) is 5.95. The van der Waals surface area contributed by atoms with Crippen LogP contribution in [0.1, 0.15) is 31.2 Å². The quantitative estimate of drug-likeness (QED) is 0.869. The van der Waals surface area contributed by atoms with Gasteiger partial charge in [0.05, 0.1) is 4.90 Å². The standard InChI is InChI=1S/C14H21FN2O2S/c1-10-13(15)7-12(16)8-14(10)20(18,19)17(2)9-11-5-3-4-6-11/h7-8,11H,3-6,9,16H2,1-2H3. The lowest BCUT2D eigenvalue weighted by molar-refractivity contribution is 0.387. The molecule has 0 atom stereocenters. The van der Waals surface area contributed by atoms with Gasteiger partial charge in [0, 0.05) is 24.8 Å². The Labute approximate surface area is 119 Å². The van der Waals surface area contributed by atoms with E-state index in [-0.39, 0.29) is 16.1 Å². The Morgan fingerprint density at radius 2 is 1.95 bits per heavy atom. The highest BCUT2D eigenvalue weighted by Gasteiger charge is 2.27. The van der Waals surface area contributed by atoms with Crippen LogP contribution < -0.4 is 5.73 Å². The Hall–Kier alpha value is -1.14. The third-order valence-electron chi connectivity index (χ3n) is 4.00. The van der Waals surface area contributed by atoms with Gasteiger partial charge in [-0.05, 0) is 37.8 Å². The highest BCUT2D eigenvalue weighted by atomic mass is 32.2. The number of hydrogen-bond acceptors (Lipinski definition) is 3. The maximum atomic E-state index is 13.7. The van der Waals surface area contributed by atoms with Crippen LogP contribution in [0.5, 0.6) is 0 Å². The van der Waals surface area contributed by atoms with Crippen molar-refractivity contribution in [3.63, 3.8) is 0 Å². The molecule has 0 radical (unpaired) electrons. The number of nitrogens with zero attached hydrogens (tertiary/aromatic N) is 1. The molecule has 1 aliphatic carbocycles. The number of nitrogens with two attached hydrogens (primary N) is 1. The minimum absolute atomic E-state index is 0.0319. The third kappa shape index (κ3) is 2.96. The van der Waals surface area contributed by atoms with Crippen LogP contribution in [0.25, 0.3) is 0 Å². The van der Waals surface area contributed by atoms with E-state index in [1.807, 2.05) is 0 Å². The molecule has 0 amide bonds. The maximum absolute atomic E-state index is 13.7. The SMILES string of the molecule is Cc1c(F)cc(N)cc1S(=O)(=O)N(C)CC1CCCC1. The summed E-state index contributed by atoms with van der Waals surface area (Å²) in [7, 11) is -2.14. The van der Waals surface area contributed by atoms with Gasteiger partial charge >= 0.3 is 0 Å². The van der Waals surface area contributed by atoms with E-state index < -0.39 is 15.8 Å². The van der Waals surface area contributed by atoms with Crippen LogP contribution in [0.3, 0.4) is 0 Å². The fraction of sp³-hybridized carbons (Fsp3) is 0.571. The summed E-state index contributed by atoms with van der Waals surface area (Å²) < 4.78 is 40.1. The minimum atomic E-state index is -3.69. The molecule has 0 spiro atoms. The molecule has 0 aliphatic heterocycles. The highest BCUT2D eigenvalue weighted by Crippen LogP contribution is 2.29. The molecule has 2 rings (SSSR count). The Morgan fingerprint density at radius 3 is 2.55 bits per heavy atom. The van der Waals surface area contributed by atoms with Gasteiger partial charge in [-0.1, -0.05) is 12.8 Å². The lowest BCUT2D eigenvalue weighted by Crippen LogP contribution is -2.31. The zero-order chi connectivity index (χ0) is 14.9. The summed E-state index contributed by atoms with van der Waals surface area (Å²) in [5, 5.41) is 0. The van der Waals surface area contributed by atoms with E-state index in [9.17, 15) is 12.8 Å². The summed E-state index contributed by atoms with van der Waals surface area (Å²) in [6.45, 7) is 1.95. The van der Waals surface area contributed by atoms with E-state index in [2.05, 4.69) is 0 Å². The van der Waals surface area contributed by atoms with Crippen LogP contribution in [-0.4, -0.2) is 26.3 Å². The topological polar surface area (TPSA) is 63.4 Å². The first-order chi connectivity index (χ1) is 9.32. The average Bonchev–Trinajstić information content (AvgIpc) is 2.86. The highest BCUT2D eigenvalue weighted by molar-refractivity contribution is 7.89. The van der Waals surface area contributed by atoms with Crippen molar-refractivity contribution in [1.82, 2.24) is 4.31 Å². The molecule has 20 heavy (non-hydrogen) atoms. The number of anilines is 1. The van der Waals surface area contributed by atoms with Crippen molar-refractivity contribution in [3.05, 3.63) is 23.5 Å². The first kappa shape index (κ1) is 15.3. The number of rotatable bonds is 4. The van der Waals surface area contributed by atoms with Gasteiger partial charge in [0.2, 0.25) is 10.0 Å². The van der Waals surface area contributed by atoms with E-state index in [0.29, 0.717) is 12.5 Å². The van der Waals surface area contributed by atoms with Crippen molar-refractivity contribution >= 4 is 15.7 Å². The molecule has 1 saturated carbocycles. The molecular formula is C14H21FN2O2S. The van der Waals surface area contributed by atoms with Gasteiger partial charge in [0.1, 0.15) is 5.82 Å². The summed E-state index contributed by atoms with van der Waals surface area (Å²) in [6, 6.07) is 2.48. The maximum Gasteiger partial charge on any atom is 0.243 e. The van der Waals surface area contributed by atoms with Crippen molar-refractivity contribution < 1.29 is 12.8 Å². The van der Waals surface area contributed by atoms with E-state index >= 15 is 0 Å². The molecule has 112 valence electrons. The molecule has 2 N–H and O–H groups in total. The zero-order valence-electron chi connectivity index (χ0n) is 11.9. The number of nitrogen functional groups attached to an aromatic ring is 1. The Bertz CT molecular complexity index is 595. The van der Waals surface area contributed by atoms with Crippen molar-refractivity contribution in [1.29, 1.82) is 0 Å². The first-order valence-electron chi connectivity index (χ1n) is 6.84. The smallest absolute Gasteiger partial charge is 0.243 e. The molecule has 1 aromatic rings. The van der Waals surface area contributed by atoms with Crippen molar-refractivity contribution in [2.24, 2.45) is 5.92 Å². The second-order valence-corrected chi connectivity index (χ2v) is 7.58. The summed E-state index contributed by atoms with van der Waals surface area (Å²) in [4.78, 5) is -0.0319. The Kier molecular flexibility index (Phi) is 4.34. The van der Waals surface area contributed by atoms with Crippen LogP contribution in [0, 0.1) is 18.7 Å². The fourth-order valence-electron chi connectivity index (χ4n) is 2.76. The summed E-state index contributed by atoms with van der Waals surface area (Å²) in [5.74, 6) is -0.182. The Balaban J connectivity index is 2.29. The van der Waals surface area contributed by atoms with Crippen LogP contribution in [0.4, 0.5) is 10.1 Å². The number of hydrogen-bond donors (Lipinski definition) is 1. The van der Waals surface area contributed by atoms with Crippen LogP contribution in [0.2, 0.25) is 0 Å². The van der Waals surface area contributed by atoms with E-state index in [4.69, 9.17) is 5.73 Å². The summed E-state index contributed by atoms with van der Waals surface area (Å²) in [5.41, 5.74) is 5.81. The number of benzene rings is 1. The molecular weight excluding hydrogens is 279 g/mol. The predicted molar refractivity (Wildman–Crippen MR) is 77.3 cm³/mol. The van der Waals surface area contributed by atoms with Gasteiger partial charge in [-0.25, -0.2) is 17.1 Å². The molecule has 0 bridgehead atoms. The average molecular weight is 300 g/mol. The van der Waals surface area contributed by atoms with Gasteiger partial charge in [0.25, 0.3) is 0 Å². The molecule has 6 heteroatoms. The second kappa shape index (κ2) is 5.69. The van der Waals surface area contributed by atoms with E-state index in [1.54, 1.807) is 7.05 Å². The van der Waals surface area contributed by atoms with Crippen molar-refractivity contribution in [3.8, 4) is 0 Å². The molecule has 4 nitrogen and oxygen atoms in total. The van der Waals surface area contributed by atoms with Gasteiger partial charge in [-0.3, -0.25) is 0 Å². The van der Waals surface area contributed by atoms with Gasteiger partial charge in [-0.15, -0.1) is 0 Å². The second-order valence-electron chi connectivity index (χ2n) is 5.56. The lowest BCUT2D eigenvalue weighted by atomic mass is 10.1. The summed E-state index contributed by atoms with van der Waals surface area (Å²) >= 11 is 0. The monoisotopic (exact) mass is 300 g/mol. The van der Waals surface area contributed by atoms with Gasteiger partial charge in [-0.2, -0.15) is 0 Å². The molecule has 0 saturated heterocycles. The van der Waals surface area contributed by atoms with Gasteiger partial charge < -0.3 is 5.73 Å². The first-order valence-corrected chi connectivity index (χ1v) is 8.28. The normalized spacial score (nSPS) is 17.0. The van der Waals surface area contributed by atoms with E-state index in [0.717, 1.165) is 31.7 Å². The summed E-state index contributed by atoms with van der Waals surface area (Å²) in [6.07, 6.45) is 4.43. The predicted octanol–water partition coefficient (Wildman–Crippen LogP) is 2.53. The minimum Gasteiger partial charge on any atom is -0.399 e. The Morgan fingerprint density at radius 1 is 1.35 bits per heavy atom. The number of sulfonamides is 1. The van der Waals surface area contributed by atoms with Crippen molar-refractivity contribution in [2.45, 2.75) is 37.5 Å². The van der Waals surface area contributed by atoms with Crippen LogP contribution >= 0.6 is 0 Å².